The third-order valence-electron chi connectivity index (χ3n) is 4.82. The Kier molecular flexibility index (Phi) is 5.06. The summed E-state index contributed by atoms with van der Waals surface area (Å²) in [5.74, 6) is 6.48. The zero-order valence-electron chi connectivity index (χ0n) is 15.4. The van der Waals surface area contributed by atoms with Crippen LogP contribution in [-0.2, 0) is 5.60 Å². The van der Waals surface area contributed by atoms with Crippen molar-refractivity contribution in [2.45, 2.75) is 5.60 Å². The quantitative estimate of drug-likeness (QED) is 0.385. The Morgan fingerprint density at radius 3 is 1.54 bits per heavy atom. The molecular weight excluding hydrogens is 340 g/mol. The van der Waals surface area contributed by atoms with Crippen molar-refractivity contribution in [3.8, 4) is 11.8 Å². The lowest BCUT2D eigenvalue weighted by atomic mass is 9.78. The van der Waals surface area contributed by atoms with Gasteiger partial charge in [-0.05, 0) is 29.3 Å². The molecule has 0 unspecified atom stereocenters. The molecule has 4 aromatic carbocycles. The maximum absolute atomic E-state index is 12.0. The van der Waals surface area contributed by atoms with Crippen LogP contribution in [-0.4, -0.2) is 5.11 Å². The Balaban J connectivity index is 1.91. The predicted octanol–water partition coefficient (Wildman–Crippen LogP) is 5.37. The number of rotatable bonds is 3. The third-order valence-corrected chi connectivity index (χ3v) is 4.82. The number of hydrogen-bond acceptors (Lipinski definition) is 1. The van der Waals surface area contributed by atoms with Gasteiger partial charge in [-0.3, -0.25) is 0 Å². The fourth-order valence-corrected chi connectivity index (χ4v) is 3.40. The first-order chi connectivity index (χ1) is 13.8. The van der Waals surface area contributed by atoms with Crippen molar-refractivity contribution in [3.05, 3.63) is 143 Å². The van der Waals surface area contributed by atoms with Gasteiger partial charge < -0.3 is 5.11 Å². The molecule has 0 saturated heterocycles. The van der Waals surface area contributed by atoms with Gasteiger partial charge in [0.1, 0.15) is 5.60 Å². The smallest absolute Gasteiger partial charge is 0.141 e. The summed E-state index contributed by atoms with van der Waals surface area (Å²) in [6, 6.07) is 37.2. The molecule has 134 valence electrons. The summed E-state index contributed by atoms with van der Waals surface area (Å²) >= 11 is 0. The van der Waals surface area contributed by atoms with Crippen molar-refractivity contribution < 1.29 is 5.11 Å². The van der Waals surface area contributed by atoms with Crippen LogP contribution in [0.5, 0.6) is 0 Å². The normalized spacial score (nSPS) is 10.8. The van der Waals surface area contributed by atoms with Crippen LogP contribution in [0.2, 0.25) is 0 Å². The highest BCUT2D eigenvalue weighted by Crippen LogP contribution is 2.38. The maximum atomic E-state index is 12.0. The van der Waals surface area contributed by atoms with Gasteiger partial charge in [-0.2, -0.15) is 0 Å². The van der Waals surface area contributed by atoms with Crippen molar-refractivity contribution in [2.75, 3.05) is 0 Å². The molecule has 0 atom stereocenters. The summed E-state index contributed by atoms with van der Waals surface area (Å²) in [4.78, 5) is 0. The van der Waals surface area contributed by atoms with Crippen LogP contribution in [0.15, 0.2) is 115 Å². The lowest BCUT2D eigenvalue weighted by Gasteiger charge is -2.31. The summed E-state index contributed by atoms with van der Waals surface area (Å²) in [6.45, 7) is 0. The highest BCUT2D eigenvalue weighted by molar-refractivity contribution is 5.55. The van der Waals surface area contributed by atoms with Crippen molar-refractivity contribution >= 4 is 0 Å². The molecule has 0 saturated carbocycles. The first kappa shape index (κ1) is 17.8. The molecule has 1 N–H and O–H groups in total. The standard InChI is InChI=1S/C27H20O/c28-27(24-15-6-2-7-16-24,25-17-8-3-9-18-25)26-19-11-10-14-23(26)21-20-22-12-4-1-5-13-22/h1-19,28H. The number of hydrogen-bond donors (Lipinski definition) is 1. The predicted molar refractivity (Wildman–Crippen MR) is 114 cm³/mol. The summed E-state index contributed by atoms with van der Waals surface area (Å²) in [7, 11) is 0. The van der Waals surface area contributed by atoms with E-state index in [2.05, 4.69) is 11.8 Å². The van der Waals surface area contributed by atoms with Crippen LogP contribution in [0.1, 0.15) is 27.8 Å². The van der Waals surface area contributed by atoms with E-state index in [1.165, 1.54) is 0 Å². The second kappa shape index (κ2) is 7.96. The van der Waals surface area contributed by atoms with Crippen LogP contribution >= 0.6 is 0 Å². The average molecular weight is 360 g/mol. The molecule has 0 aliphatic rings. The summed E-state index contributed by atoms with van der Waals surface area (Å²) < 4.78 is 0. The van der Waals surface area contributed by atoms with Crippen LogP contribution in [0.4, 0.5) is 0 Å². The monoisotopic (exact) mass is 360 g/mol. The van der Waals surface area contributed by atoms with Crippen molar-refractivity contribution in [3.63, 3.8) is 0 Å². The van der Waals surface area contributed by atoms with E-state index < -0.39 is 5.60 Å². The summed E-state index contributed by atoms with van der Waals surface area (Å²) in [5, 5.41) is 12.0. The van der Waals surface area contributed by atoms with E-state index in [1.807, 2.05) is 115 Å². The molecule has 4 rings (SSSR count). The van der Waals surface area contributed by atoms with Crippen LogP contribution < -0.4 is 0 Å². The molecule has 0 bridgehead atoms. The van der Waals surface area contributed by atoms with E-state index in [0.29, 0.717) is 0 Å². The van der Waals surface area contributed by atoms with Crippen LogP contribution in [0, 0.1) is 11.8 Å². The number of aliphatic hydroxyl groups is 1. The minimum absolute atomic E-state index is 0.774. The third kappa shape index (κ3) is 3.47. The topological polar surface area (TPSA) is 20.2 Å². The molecule has 0 radical (unpaired) electrons. The Morgan fingerprint density at radius 1 is 0.500 bits per heavy atom. The Labute approximate surface area is 165 Å². The highest BCUT2D eigenvalue weighted by atomic mass is 16.3. The Hall–Kier alpha value is -3.60. The van der Waals surface area contributed by atoms with Gasteiger partial charge in [0.25, 0.3) is 0 Å². The fourth-order valence-electron chi connectivity index (χ4n) is 3.40. The van der Waals surface area contributed by atoms with E-state index in [0.717, 1.165) is 27.8 Å². The summed E-state index contributed by atoms with van der Waals surface area (Å²) in [5.41, 5.74) is 2.87. The first-order valence-corrected chi connectivity index (χ1v) is 9.28. The minimum Gasteiger partial charge on any atom is -0.376 e. The van der Waals surface area contributed by atoms with Crippen molar-refractivity contribution in [1.82, 2.24) is 0 Å². The van der Waals surface area contributed by atoms with Gasteiger partial charge in [0.2, 0.25) is 0 Å². The minimum atomic E-state index is -1.29. The lowest BCUT2D eigenvalue weighted by Crippen LogP contribution is -2.29. The largest absolute Gasteiger partial charge is 0.376 e. The highest BCUT2D eigenvalue weighted by Gasteiger charge is 2.35. The lowest BCUT2D eigenvalue weighted by molar-refractivity contribution is 0.125. The second-order valence-corrected chi connectivity index (χ2v) is 6.60. The van der Waals surface area contributed by atoms with Gasteiger partial charge in [0, 0.05) is 16.7 Å². The van der Waals surface area contributed by atoms with Gasteiger partial charge in [-0.15, -0.1) is 0 Å². The first-order valence-electron chi connectivity index (χ1n) is 9.28. The molecule has 28 heavy (non-hydrogen) atoms. The molecule has 0 fully saturated rings. The molecule has 1 nitrogen and oxygen atoms in total. The molecule has 4 aromatic rings. The van der Waals surface area contributed by atoms with E-state index in [-0.39, 0.29) is 0 Å². The van der Waals surface area contributed by atoms with Crippen molar-refractivity contribution in [2.24, 2.45) is 0 Å². The summed E-state index contributed by atoms with van der Waals surface area (Å²) in [6.07, 6.45) is 0. The molecule has 0 aliphatic heterocycles. The zero-order valence-corrected chi connectivity index (χ0v) is 15.4. The van der Waals surface area contributed by atoms with Gasteiger partial charge in [0.05, 0.1) is 0 Å². The van der Waals surface area contributed by atoms with Crippen molar-refractivity contribution in [1.29, 1.82) is 0 Å². The Morgan fingerprint density at radius 2 is 0.964 bits per heavy atom. The van der Waals surface area contributed by atoms with E-state index >= 15 is 0 Å². The van der Waals surface area contributed by atoms with E-state index in [4.69, 9.17) is 0 Å². The van der Waals surface area contributed by atoms with Gasteiger partial charge in [0.15, 0.2) is 0 Å². The molecule has 0 amide bonds. The molecule has 1 heteroatoms. The maximum Gasteiger partial charge on any atom is 0.141 e. The Bertz CT molecular complexity index is 1060. The van der Waals surface area contributed by atoms with Crippen LogP contribution in [0.3, 0.4) is 0 Å². The molecule has 0 spiro atoms. The molecule has 0 heterocycles. The van der Waals surface area contributed by atoms with Gasteiger partial charge >= 0.3 is 0 Å². The molecule has 0 aromatic heterocycles. The van der Waals surface area contributed by atoms with Gasteiger partial charge in [-0.25, -0.2) is 0 Å². The van der Waals surface area contributed by atoms with Crippen LogP contribution in [0.25, 0.3) is 0 Å². The fraction of sp³-hybridized carbons (Fsp3) is 0.0370. The SMILES string of the molecule is OC(c1ccccc1)(c1ccccc1)c1ccccc1C#Cc1ccccc1. The van der Waals surface area contributed by atoms with Gasteiger partial charge in [-0.1, -0.05) is 109 Å². The van der Waals surface area contributed by atoms with E-state index in [1.54, 1.807) is 0 Å². The zero-order chi connectivity index (χ0) is 19.2. The molecule has 0 aliphatic carbocycles. The number of benzene rings is 4. The average Bonchev–Trinajstić information content (AvgIpc) is 2.79. The second-order valence-electron chi connectivity index (χ2n) is 6.60. The molecular formula is C27H20O. The van der Waals surface area contributed by atoms with E-state index in [9.17, 15) is 5.11 Å².